The van der Waals surface area contributed by atoms with E-state index in [-0.39, 0.29) is 11.9 Å². The highest BCUT2D eigenvalue weighted by Gasteiger charge is 2.29. The summed E-state index contributed by atoms with van der Waals surface area (Å²) in [6.07, 6.45) is 6.44. The average molecular weight is 589 g/mol. The molecule has 43 heavy (non-hydrogen) atoms. The monoisotopic (exact) mass is 588 g/mol. The number of aliphatic carboxylic acids is 1. The Bertz CT molecular complexity index is 1590. The largest absolute Gasteiger partial charge is 0.488 e. The number of hydrogen-bond acceptors (Lipinski definition) is 10. The van der Waals surface area contributed by atoms with Gasteiger partial charge < -0.3 is 29.5 Å². The smallest absolute Gasteiger partial charge is 0.347 e. The van der Waals surface area contributed by atoms with Gasteiger partial charge in [0.25, 0.3) is 5.88 Å². The third-order valence-corrected chi connectivity index (χ3v) is 6.75. The Balaban J connectivity index is 1.30. The predicted molar refractivity (Wildman–Crippen MR) is 159 cm³/mol. The van der Waals surface area contributed by atoms with Crippen LogP contribution in [0.2, 0.25) is 0 Å². The van der Waals surface area contributed by atoms with Crippen molar-refractivity contribution in [1.82, 2.24) is 19.9 Å². The number of piperidine rings is 1. The molecule has 1 aromatic carbocycles. The molecule has 1 aliphatic rings. The van der Waals surface area contributed by atoms with Crippen LogP contribution in [0.4, 0.5) is 21.8 Å². The highest BCUT2D eigenvalue weighted by molar-refractivity contribution is 5.77. The van der Waals surface area contributed by atoms with E-state index in [1.807, 2.05) is 13.0 Å². The van der Waals surface area contributed by atoms with Crippen LogP contribution in [0.1, 0.15) is 33.6 Å². The second-order valence-electron chi connectivity index (χ2n) is 10.4. The summed E-state index contributed by atoms with van der Waals surface area (Å²) in [6, 6.07) is 13.3. The van der Waals surface area contributed by atoms with Crippen LogP contribution >= 0.6 is 0 Å². The lowest BCUT2D eigenvalue weighted by atomic mass is 10.1. The summed E-state index contributed by atoms with van der Waals surface area (Å²) in [7, 11) is 0. The Morgan fingerprint density at radius 1 is 1.16 bits per heavy atom. The second kappa shape index (κ2) is 12.9. The summed E-state index contributed by atoms with van der Waals surface area (Å²) in [5.74, 6) is 0.672. The zero-order chi connectivity index (χ0) is 30.4. The maximum Gasteiger partial charge on any atom is 0.347 e. The first-order valence-electron chi connectivity index (χ1n) is 14.0. The van der Waals surface area contributed by atoms with Crippen LogP contribution in [-0.4, -0.2) is 62.4 Å². The van der Waals surface area contributed by atoms with Crippen molar-refractivity contribution in [2.45, 2.75) is 45.3 Å². The minimum Gasteiger partial charge on any atom is -0.488 e. The molecule has 0 aliphatic carbocycles. The summed E-state index contributed by atoms with van der Waals surface area (Å²) in [5, 5.41) is 12.3. The normalized spacial score (nSPS) is 15.1. The van der Waals surface area contributed by atoms with Gasteiger partial charge in [0.2, 0.25) is 0 Å². The molecule has 2 N–H and O–H groups in total. The van der Waals surface area contributed by atoms with Gasteiger partial charge in [-0.1, -0.05) is 12.1 Å². The molecule has 1 aliphatic heterocycles. The van der Waals surface area contributed by atoms with Crippen molar-refractivity contribution in [2.75, 3.05) is 29.9 Å². The molecule has 4 heterocycles. The van der Waals surface area contributed by atoms with Crippen LogP contribution < -0.4 is 24.4 Å². The molecule has 0 radical (unpaired) electrons. The minimum atomic E-state index is -1.42. The molecular formula is C31H33FN6O5. The molecule has 1 unspecified atom stereocenters. The topological polar surface area (TPSA) is 132 Å². The number of rotatable bonds is 11. The van der Waals surface area contributed by atoms with Crippen LogP contribution in [0.3, 0.4) is 0 Å². The Hall–Kier alpha value is -5.00. The summed E-state index contributed by atoms with van der Waals surface area (Å²) < 4.78 is 32.3. The molecule has 0 amide bonds. The summed E-state index contributed by atoms with van der Waals surface area (Å²) in [5.41, 5.74) is -0.332. The first kappa shape index (κ1) is 29.5. The van der Waals surface area contributed by atoms with Crippen molar-refractivity contribution in [3.63, 3.8) is 0 Å². The Labute approximate surface area is 248 Å². The summed E-state index contributed by atoms with van der Waals surface area (Å²) >= 11 is 0. The van der Waals surface area contributed by atoms with Gasteiger partial charge in [-0.3, -0.25) is 4.98 Å². The summed E-state index contributed by atoms with van der Waals surface area (Å²) in [4.78, 5) is 31.3. The molecule has 11 nitrogen and oxygen atoms in total. The lowest BCUT2D eigenvalue weighted by Crippen LogP contribution is -2.41. The van der Waals surface area contributed by atoms with Gasteiger partial charge in [0, 0.05) is 18.3 Å². The van der Waals surface area contributed by atoms with Crippen LogP contribution in [0.5, 0.6) is 17.4 Å². The van der Waals surface area contributed by atoms with E-state index in [9.17, 15) is 14.3 Å². The Kier molecular flexibility index (Phi) is 8.84. The van der Waals surface area contributed by atoms with Gasteiger partial charge in [-0.25, -0.2) is 24.1 Å². The van der Waals surface area contributed by atoms with Crippen molar-refractivity contribution in [1.29, 1.82) is 0 Å². The van der Waals surface area contributed by atoms with Gasteiger partial charge >= 0.3 is 5.97 Å². The number of halogens is 1. The van der Waals surface area contributed by atoms with Gasteiger partial charge in [0.1, 0.15) is 17.7 Å². The Morgan fingerprint density at radius 3 is 2.84 bits per heavy atom. The minimum absolute atomic E-state index is 0.0282. The van der Waals surface area contributed by atoms with E-state index in [1.54, 1.807) is 42.7 Å². The molecule has 0 spiro atoms. The number of benzene rings is 1. The molecule has 1 fully saturated rings. The van der Waals surface area contributed by atoms with E-state index in [2.05, 4.69) is 30.2 Å². The number of carbonyl (C=O) groups is 1. The number of pyridine rings is 2. The number of ether oxygens (including phenoxy) is 3. The lowest BCUT2D eigenvalue weighted by molar-refractivity contribution is -0.152. The maximum atomic E-state index is 14.9. The van der Waals surface area contributed by atoms with E-state index < -0.39 is 17.4 Å². The van der Waals surface area contributed by atoms with Gasteiger partial charge in [-0.15, -0.1) is 0 Å². The molecule has 4 aromatic rings. The molecule has 12 heteroatoms. The molecule has 5 rings (SSSR count). The van der Waals surface area contributed by atoms with E-state index in [4.69, 9.17) is 14.2 Å². The van der Waals surface area contributed by atoms with Crippen LogP contribution in [-0.2, 0) is 4.79 Å². The number of nitrogens with zero attached hydrogens (tertiary/aromatic N) is 5. The number of hydrogen-bond donors (Lipinski definition) is 2. The fraction of sp³-hybridized carbons (Fsp3) is 0.323. The van der Waals surface area contributed by atoms with Crippen molar-refractivity contribution in [3.8, 4) is 28.6 Å². The quantitative estimate of drug-likeness (QED) is 0.230. The van der Waals surface area contributed by atoms with Gasteiger partial charge in [-0.05, 0) is 70.0 Å². The molecule has 1 saturated heterocycles. The fourth-order valence-electron chi connectivity index (χ4n) is 4.57. The van der Waals surface area contributed by atoms with E-state index in [0.29, 0.717) is 53.4 Å². The van der Waals surface area contributed by atoms with E-state index >= 15 is 0 Å². The molecular weight excluding hydrogens is 555 g/mol. The van der Waals surface area contributed by atoms with Crippen molar-refractivity contribution in [2.24, 2.45) is 0 Å². The highest BCUT2D eigenvalue weighted by atomic mass is 19.1. The van der Waals surface area contributed by atoms with Crippen molar-refractivity contribution >= 4 is 23.4 Å². The fourth-order valence-corrected chi connectivity index (χ4v) is 4.57. The molecule has 3 aromatic heterocycles. The first-order valence-corrected chi connectivity index (χ1v) is 14.0. The molecule has 0 bridgehead atoms. The van der Waals surface area contributed by atoms with E-state index in [0.717, 1.165) is 19.4 Å². The number of nitrogens with one attached hydrogen (secondary N) is 1. The predicted octanol–water partition coefficient (Wildman–Crippen LogP) is 5.50. The number of aromatic nitrogens is 4. The third-order valence-electron chi connectivity index (χ3n) is 6.75. The first-order chi connectivity index (χ1) is 20.7. The Morgan fingerprint density at radius 2 is 2.02 bits per heavy atom. The molecule has 0 saturated carbocycles. The van der Waals surface area contributed by atoms with Gasteiger partial charge in [-0.2, -0.15) is 0 Å². The van der Waals surface area contributed by atoms with Crippen molar-refractivity contribution < 1.29 is 28.5 Å². The second-order valence-corrected chi connectivity index (χ2v) is 10.4. The molecule has 224 valence electrons. The third kappa shape index (κ3) is 7.26. The number of carboxylic acid groups (broad SMARTS) is 1. The van der Waals surface area contributed by atoms with Crippen molar-refractivity contribution in [3.05, 3.63) is 72.9 Å². The average Bonchev–Trinajstić information content (AvgIpc) is 2.99. The van der Waals surface area contributed by atoms with Crippen LogP contribution in [0, 0.1) is 5.82 Å². The zero-order valence-electron chi connectivity index (χ0n) is 24.2. The van der Waals surface area contributed by atoms with Gasteiger partial charge in [0.05, 0.1) is 31.2 Å². The van der Waals surface area contributed by atoms with E-state index in [1.165, 1.54) is 32.2 Å². The SMILES string of the molecule is CCOc1cccnc1OC1CCCN(c2cncc(Nc3nc(-c4cccc(OC(C)(C)C(=O)O)c4)ccc3F)n2)C1. The maximum absolute atomic E-state index is 14.9. The number of carboxylic acids is 1. The lowest BCUT2D eigenvalue weighted by Gasteiger charge is -2.33. The molecule has 1 atom stereocenters. The van der Waals surface area contributed by atoms with Crippen LogP contribution in [0.25, 0.3) is 11.3 Å². The standard InChI is InChI=1S/C31H33FN6O5/c1-4-41-25-11-6-14-34-29(25)42-22-10-7-15-38(19-22)27-18-33-17-26(36-27)37-28-23(32)12-13-24(35-28)20-8-5-9-21(16-20)43-31(2,3)30(39)40/h5-6,8-9,11-14,16-18,22H,4,7,10,15,19H2,1-3H3,(H,39,40)(H,35,36,37). The van der Waals surface area contributed by atoms with Crippen LogP contribution in [0.15, 0.2) is 67.1 Å². The van der Waals surface area contributed by atoms with Gasteiger partial charge in [0.15, 0.2) is 28.8 Å². The number of anilines is 3. The zero-order valence-corrected chi connectivity index (χ0v) is 24.2. The summed E-state index contributed by atoms with van der Waals surface area (Å²) in [6.45, 7) is 6.68. The highest BCUT2D eigenvalue weighted by Crippen LogP contribution is 2.30.